The lowest BCUT2D eigenvalue weighted by Crippen LogP contribution is -2.27. The molecule has 2 nitrogen and oxygen atoms in total. The van der Waals surface area contributed by atoms with Crippen molar-refractivity contribution in [1.29, 1.82) is 0 Å². The highest BCUT2D eigenvalue weighted by Gasteiger charge is 2.04. The maximum atomic E-state index is 3.36. The van der Waals surface area contributed by atoms with Gasteiger partial charge in [0.25, 0.3) is 0 Å². The molecule has 0 heterocycles. The molecule has 0 spiro atoms. The largest absolute Gasteiger partial charge is 0.317 e. The number of nitrogens with zero attached hydrogens (tertiary/aromatic N) is 1. The van der Waals surface area contributed by atoms with Crippen LogP contribution < -0.4 is 5.32 Å². The standard InChI is InChI=1S/C13H30N2/c1-6-13(14-4)8-7-10-15(5)11-9-12(2)3/h12-14H,6-11H2,1-5H3. The zero-order chi connectivity index (χ0) is 11.7. The van der Waals surface area contributed by atoms with E-state index >= 15 is 0 Å². The molecule has 0 aliphatic carbocycles. The molecule has 0 aliphatic heterocycles. The second-order valence-electron chi connectivity index (χ2n) is 5.02. The van der Waals surface area contributed by atoms with Crippen molar-refractivity contribution in [3.63, 3.8) is 0 Å². The summed E-state index contributed by atoms with van der Waals surface area (Å²) in [5, 5.41) is 3.36. The molecule has 0 aromatic heterocycles. The summed E-state index contributed by atoms with van der Waals surface area (Å²) in [4.78, 5) is 2.46. The van der Waals surface area contributed by atoms with Gasteiger partial charge in [-0.2, -0.15) is 0 Å². The van der Waals surface area contributed by atoms with E-state index in [0.717, 1.165) is 5.92 Å². The Morgan fingerprint density at radius 1 is 1.13 bits per heavy atom. The van der Waals surface area contributed by atoms with E-state index in [9.17, 15) is 0 Å². The van der Waals surface area contributed by atoms with Gasteiger partial charge in [-0.25, -0.2) is 0 Å². The Labute approximate surface area is 96.4 Å². The third-order valence-corrected chi connectivity index (χ3v) is 3.08. The van der Waals surface area contributed by atoms with Gasteiger partial charge in [0.2, 0.25) is 0 Å². The first-order valence-corrected chi connectivity index (χ1v) is 6.45. The molecule has 0 aromatic carbocycles. The topological polar surface area (TPSA) is 15.3 Å². The summed E-state index contributed by atoms with van der Waals surface area (Å²) in [5.74, 6) is 0.827. The van der Waals surface area contributed by atoms with Gasteiger partial charge in [-0.1, -0.05) is 20.8 Å². The molecule has 15 heavy (non-hydrogen) atoms. The maximum absolute atomic E-state index is 3.36. The molecule has 0 aromatic rings. The summed E-state index contributed by atoms with van der Waals surface area (Å²) in [5.41, 5.74) is 0. The lowest BCUT2D eigenvalue weighted by molar-refractivity contribution is 0.297. The predicted octanol–water partition coefficient (Wildman–Crippen LogP) is 2.74. The summed E-state index contributed by atoms with van der Waals surface area (Å²) in [6, 6.07) is 0.712. The average molecular weight is 214 g/mol. The lowest BCUT2D eigenvalue weighted by atomic mass is 10.1. The zero-order valence-corrected chi connectivity index (χ0v) is 11.3. The minimum atomic E-state index is 0.712. The van der Waals surface area contributed by atoms with E-state index in [2.05, 4.69) is 45.1 Å². The second-order valence-corrected chi connectivity index (χ2v) is 5.02. The van der Waals surface area contributed by atoms with Crippen molar-refractivity contribution in [1.82, 2.24) is 10.2 Å². The Kier molecular flexibility index (Phi) is 9.12. The van der Waals surface area contributed by atoms with E-state index in [0.29, 0.717) is 6.04 Å². The molecule has 92 valence electrons. The molecule has 0 aliphatic rings. The quantitative estimate of drug-likeness (QED) is 0.635. The fraction of sp³-hybridized carbons (Fsp3) is 1.00. The number of hydrogen-bond acceptors (Lipinski definition) is 2. The van der Waals surface area contributed by atoms with Crippen LogP contribution in [-0.4, -0.2) is 38.1 Å². The predicted molar refractivity (Wildman–Crippen MR) is 69.3 cm³/mol. The highest BCUT2D eigenvalue weighted by Crippen LogP contribution is 2.04. The molecule has 2 heteroatoms. The van der Waals surface area contributed by atoms with E-state index in [1.54, 1.807) is 0 Å². The molecular formula is C13H30N2. The van der Waals surface area contributed by atoms with Gasteiger partial charge in [-0.15, -0.1) is 0 Å². The van der Waals surface area contributed by atoms with Crippen molar-refractivity contribution in [2.24, 2.45) is 5.92 Å². The Morgan fingerprint density at radius 2 is 1.80 bits per heavy atom. The van der Waals surface area contributed by atoms with Crippen LogP contribution in [0.5, 0.6) is 0 Å². The minimum Gasteiger partial charge on any atom is -0.317 e. The van der Waals surface area contributed by atoms with Crippen LogP contribution in [0.3, 0.4) is 0 Å². The summed E-state index contributed by atoms with van der Waals surface area (Å²) < 4.78 is 0. The van der Waals surface area contributed by atoms with Crippen LogP contribution in [0.15, 0.2) is 0 Å². The van der Waals surface area contributed by atoms with Gasteiger partial charge in [-0.05, 0) is 58.8 Å². The maximum Gasteiger partial charge on any atom is 0.00619 e. The van der Waals surface area contributed by atoms with Gasteiger partial charge in [0, 0.05) is 6.04 Å². The second kappa shape index (κ2) is 9.17. The molecule has 0 bridgehead atoms. The molecule has 0 fully saturated rings. The zero-order valence-electron chi connectivity index (χ0n) is 11.3. The van der Waals surface area contributed by atoms with Crippen LogP contribution in [0, 0.1) is 5.92 Å². The van der Waals surface area contributed by atoms with Crippen LogP contribution in [0.4, 0.5) is 0 Å². The molecular weight excluding hydrogens is 184 g/mol. The van der Waals surface area contributed by atoms with Crippen molar-refractivity contribution >= 4 is 0 Å². The fourth-order valence-electron chi connectivity index (χ4n) is 1.75. The van der Waals surface area contributed by atoms with E-state index in [4.69, 9.17) is 0 Å². The molecule has 1 atom stereocenters. The first-order chi connectivity index (χ1) is 7.10. The molecule has 1 unspecified atom stereocenters. The fourth-order valence-corrected chi connectivity index (χ4v) is 1.75. The number of rotatable bonds is 9. The number of hydrogen-bond donors (Lipinski definition) is 1. The highest BCUT2D eigenvalue weighted by molar-refractivity contribution is 4.63. The summed E-state index contributed by atoms with van der Waals surface area (Å²) >= 11 is 0. The Balaban J connectivity index is 3.41. The van der Waals surface area contributed by atoms with Crippen LogP contribution in [0.1, 0.15) is 46.5 Å². The van der Waals surface area contributed by atoms with E-state index in [1.807, 2.05) is 0 Å². The Bertz CT molecular complexity index is 130. The Hall–Kier alpha value is -0.0800. The van der Waals surface area contributed by atoms with Crippen molar-refractivity contribution in [2.45, 2.75) is 52.5 Å². The van der Waals surface area contributed by atoms with Crippen LogP contribution in [-0.2, 0) is 0 Å². The first kappa shape index (κ1) is 14.9. The summed E-state index contributed by atoms with van der Waals surface area (Å²) in [6.45, 7) is 9.33. The molecule has 0 rings (SSSR count). The van der Waals surface area contributed by atoms with E-state index in [-0.39, 0.29) is 0 Å². The third-order valence-electron chi connectivity index (χ3n) is 3.08. The summed E-state index contributed by atoms with van der Waals surface area (Å²) in [6.07, 6.45) is 5.18. The van der Waals surface area contributed by atoms with Crippen LogP contribution in [0.2, 0.25) is 0 Å². The van der Waals surface area contributed by atoms with E-state index in [1.165, 1.54) is 38.8 Å². The van der Waals surface area contributed by atoms with Crippen molar-refractivity contribution in [3.8, 4) is 0 Å². The molecule has 0 radical (unpaired) electrons. The van der Waals surface area contributed by atoms with Gasteiger partial charge in [0.05, 0.1) is 0 Å². The molecule has 0 saturated carbocycles. The van der Waals surface area contributed by atoms with Crippen molar-refractivity contribution in [3.05, 3.63) is 0 Å². The highest BCUT2D eigenvalue weighted by atomic mass is 15.1. The van der Waals surface area contributed by atoms with Gasteiger partial charge in [0.1, 0.15) is 0 Å². The average Bonchev–Trinajstić information content (AvgIpc) is 2.21. The van der Waals surface area contributed by atoms with Gasteiger partial charge < -0.3 is 10.2 Å². The van der Waals surface area contributed by atoms with Crippen molar-refractivity contribution < 1.29 is 0 Å². The molecule has 0 amide bonds. The first-order valence-electron chi connectivity index (χ1n) is 6.45. The van der Waals surface area contributed by atoms with Crippen LogP contribution in [0.25, 0.3) is 0 Å². The lowest BCUT2D eigenvalue weighted by Gasteiger charge is -2.19. The van der Waals surface area contributed by atoms with Gasteiger partial charge >= 0.3 is 0 Å². The molecule has 0 saturated heterocycles. The smallest absolute Gasteiger partial charge is 0.00619 e. The van der Waals surface area contributed by atoms with E-state index < -0.39 is 0 Å². The monoisotopic (exact) mass is 214 g/mol. The minimum absolute atomic E-state index is 0.712. The normalized spacial score (nSPS) is 13.8. The van der Waals surface area contributed by atoms with Crippen LogP contribution >= 0.6 is 0 Å². The van der Waals surface area contributed by atoms with Crippen molar-refractivity contribution in [2.75, 3.05) is 27.2 Å². The summed E-state index contributed by atoms with van der Waals surface area (Å²) in [7, 11) is 4.30. The van der Waals surface area contributed by atoms with Gasteiger partial charge in [0.15, 0.2) is 0 Å². The third kappa shape index (κ3) is 8.88. The number of nitrogens with one attached hydrogen (secondary N) is 1. The molecule has 1 N–H and O–H groups in total. The SMILES string of the molecule is CCC(CCCN(C)CCC(C)C)NC. The Morgan fingerprint density at radius 3 is 2.27 bits per heavy atom. The van der Waals surface area contributed by atoms with Gasteiger partial charge in [-0.3, -0.25) is 0 Å².